The van der Waals surface area contributed by atoms with Gasteiger partial charge in [0.15, 0.2) is 0 Å². The van der Waals surface area contributed by atoms with Crippen LogP contribution in [0.4, 0.5) is 0 Å². The minimum atomic E-state index is 0.103. The number of benzene rings is 1. The molecule has 1 amide bonds. The molecule has 0 aliphatic carbocycles. The Morgan fingerprint density at radius 1 is 1.41 bits per heavy atom. The van der Waals surface area contributed by atoms with E-state index in [1.807, 2.05) is 19.1 Å². The van der Waals surface area contributed by atoms with Crippen molar-refractivity contribution in [3.63, 3.8) is 0 Å². The summed E-state index contributed by atoms with van der Waals surface area (Å²) in [6.45, 7) is 4.05. The zero-order valence-corrected chi connectivity index (χ0v) is 11.3. The number of halogens is 1. The van der Waals surface area contributed by atoms with Crippen LogP contribution in [0.1, 0.15) is 30.9 Å². The average molecular weight is 254 g/mol. The van der Waals surface area contributed by atoms with Gasteiger partial charge in [-0.3, -0.25) is 4.79 Å². The molecule has 2 nitrogen and oxygen atoms in total. The fraction of sp³-hybridized carbons (Fsp3) is 0.500. The lowest BCUT2D eigenvalue weighted by atomic mass is 10.0. The van der Waals surface area contributed by atoms with Gasteiger partial charge in [0.05, 0.1) is 0 Å². The molecule has 17 heavy (non-hydrogen) atoms. The highest BCUT2D eigenvalue weighted by molar-refractivity contribution is 6.17. The Morgan fingerprint density at radius 2 is 2.12 bits per heavy atom. The summed E-state index contributed by atoms with van der Waals surface area (Å²) in [4.78, 5) is 11.7. The number of carbonyl (C=O) groups excluding carboxylic acids is 1. The second kappa shape index (κ2) is 7.33. The van der Waals surface area contributed by atoms with Crippen LogP contribution >= 0.6 is 11.6 Å². The normalized spacial score (nSPS) is 12.2. The molecule has 0 radical (unpaired) electrons. The van der Waals surface area contributed by atoms with Crippen molar-refractivity contribution in [3.05, 3.63) is 35.4 Å². The van der Waals surface area contributed by atoms with Crippen LogP contribution in [0.5, 0.6) is 0 Å². The summed E-state index contributed by atoms with van der Waals surface area (Å²) in [5.41, 5.74) is 2.49. The molecule has 0 saturated heterocycles. The number of carbonyl (C=O) groups is 1. The molecule has 0 aliphatic rings. The lowest BCUT2D eigenvalue weighted by Crippen LogP contribution is -2.32. The van der Waals surface area contributed by atoms with Crippen molar-refractivity contribution in [2.24, 2.45) is 0 Å². The summed E-state index contributed by atoms with van der Waals surface area (Å²) in [6, 6.07) is 8.34. The third kappa shape index (κ3) is 5.22. The molecule has 1 unspecified atom stereocenters. The van der Waals surface area contributed by atoms with E-state index in [1.165, 1.54) is 11.1 Å². The van der Waals surface area contributed by atoms with Crippen molar-refractivity contribution in [1.82, 2.24) is 5.32 Å². The molecular formula is C14H20ClNO. The van der Waals surface area contributed by atoms with Crippen molar-refractivity contribution >= 4 is 17.5 Å². The Kier molecular flexibility index (Phi) is 6.06. The van der Waals surface area contributed by atoms with Crippen LogP contribution in [-0.4, -0.2) is 17.8 Å². The van der Waals surface area contributed by atoms with E-state index in [4.69, 9.17) is 11.6 Å². The number of hydrogen-bond donors (Lipinski definition) is 1. The van der Waals surface area contributed by atoms with Crippen LogP contribution in [-0.2, 0) is 11.2 Å². The zero-order chi connectivity index (χ0) is 12.7. The van der Waals surface area contributed by atoms with Crippen LogP contribution in [0.15, 0.2) is 24.3 Å². The standard InChI is InChI=1S/C14H20ClNO/c1-11-5-3-4-6-13(11)7-8-14(17)16-12(2)9-10-15/h3-6,12H,7-10H2,1-2H3,(H,16,17). The molecule has 0 fully saturated rings. The predicted molar refractivity (Wildman–Crippen MR) is 72.4 cm³/mol. The Balaban J connectivity index is 2.36. The molecule has 0 saturated carbocycles. The third-order valence-electron chi connectivity index (χ3n) is 2.83. The number of amides is 1. The van der Waals surface area contributed by atoms with E-state index in [1.54, 1.807) is 0 Å². The van der Waals surface area contributed by atoms with Gasteiger partial charge >= 0.3 is 0 Å². The van der Waals surface area contributed by atoms with Gasteiger partial charge in [-0.1, -0.05) is 24.3 Å². The van der Waals surface area contributed by atoms with Gasteiger partial charge in [0.25, 0.3) is 0 Å². The number of aryl methyl sites for hydroxylation is 2. The first-order valence-electron chi connectivity index (χ1n) is 6.03. The highest BCUT2D eigenvalue weighted by Gasteiger charge is 2.07. The summed E-state index contributed by atoms with van der Waals surface area (Å²) < 4.78 is 0. The molecule has 0 aromatic heterocycles. The minimum absolute atomic E-state index is 0.103. The predicted octanol–water partition coefficient (Wildman–Crippen LogP) is 3.06. The molecular weight excluding hydrogens is 234 g/mol. The fourth-order valence-electron chi connectivity index (χ4n) is 1.72. The molecule has 0 spiro atoms. The third-order valence-corrected chi connectivity index (χ3v) is 3.05. The maximum Gasteiger partial charge on any atom is 0.220 e. The maximum absolute atomic E-state index is 11.7. The molecule has 94 valence electrons. The minimum Gasteiger partial charge on any atom is -0.354 e. The van der Waals surface area contributed by atoms with Gasteiger partial charge in [0.1, 0.15) is 0 Å². The van der Waals surface area contributed by atoms with Gasteiger partial charge in [0.2, 0.25) is 5.91 Å². The van der Waals surface area contributed by atoms with Gasteiger partial charge in [-0.05, 0) is 37.8 Å². The first kappa shape index (κ1) is 14.0. The molecule has 0 heterocycles. The van der Waals surface area contributed by atoms with Gasteiger partial charge in [0, 0.05) is 18.3 Å². The lowest BCUT2D eigenvalue weighted by molar-refractivity contribution is -0.121. The van der Waals surface area contributed by atoms with Crippen molar-refractivity contribution in [2.75, 3.05) is 5.88 Å². The summed E-state index contributed by atoms with van der Waals surface area (Å²) >= 11 is 5.62. The number of nitrogens with one attached hydrogen (secondary N) is 1. The lowest BCUT2D eigenvalue weighted by Gasteiger charge is -2.12. The largest absolute Gasteiger partial charge is 0.354 e. The number of alkyl halides is 1. The average Bonchev–Trinajstić information content (AvgIpc) is 2.28. The molecule has 1 aromatic rings. The molecule has 1 aromatic carbocycles. The SMILES string of the molecule is Cc1ccccc1CCC(=O)NC(C)CCCl. The van der Waals surface area contributed by atoms with E-state index >= 15 is 0 Å². The molecule has 3 heteroatoms. The Labute approximate surface area is 108 Å². The quantitative estimate of drug-likeness (QED) is 0.776. The number of rotatable bonds is 6. The van der Waals surface area contributed by atoms with E-state index in [0.717, 1.165) is 12.8 Å². The highest BCUT2D eigenvalue weighted by atomic mass is 35.5. The van der Waals surface area contributed by atoms with Crippen molar-refractivity contribution in [2.45, 2.75) is 39.2 Å². The van der Waals surface area contributed by atoms with Crippen LogP contribution in [0.2, 0.25) is 0 Å². The van der Waals surface area contributed by atoms with Gasteiger partial charge in [-0.15, -0.1) is 11.6 Å². The fourth-order valence-corrected chi connectivity index (χ4v) is 2.05. The van der Waals surface area contributed by atoms with Gasteiger partial charge in [-0.2, -0.15) is 0 Å². The van der Waals surface area contributed by atoms with Gasteiger partial charge < -0.3 is 5.32 Å². The van der Waals surface area contributed by atoms with E-state index in [2.05, 4.69) is 24.4 Å². The highest BCUT2D eigenvalue weighted by Crippen LogP contribution is 2.09. The molecule has 0 bridgehead atoms. The van der Waals surface area contributed by atoms with Crippen LogP contribution < -0.4 is 5.32 Å². The molecule has 1 rings (SSSR count). The van der Waals surface area contributed by atoms with E-state index in [0.29, 0.717) is 12.3 Å². The monoisotopic (exact) mass is 253 g/mol. The van der Waals surface area contributed by atoms with E-state index < -0.39 is 0 Å². The van der Waals surface area contributed by atoms with Crippen molar-refractivity contribution < 1.29 is 4.79 Å². The van der Waals surface area contributed by atoms with Gasteiger partial charge in [-0.25, -0.2) is 0 Å². The smallest absolute Gasteiger partial charge is 0.220 e. The molecule has 1 N–H and O–H groups in total. The Bertz CT molecular complexity index is 365. The Morgan fingerprint density at radius 3 is 2.76 bits per heavy atom. The second-order valence-electron chi connectivity index (χ2n) is 4.37. The summed E-state index contributed by atoms with van der Waals surface area (Å²) in [5.74, 6) is 0.685. The summed E-state index contributed by atoms with van der Waals surface area (Å²) in [6.07, 6.45) is 2.15. The Hall–Kier alpha value is -1.02. The van der Waals surface area contributed by atoms with E-state index in [9.17, 15) is 4.79 Å². The summed E-state index contributed by atoms with van der Waals surface area (Å²) in [5, 5.41) is 2.95. The molecule has 0 aliphatic heterocycles. The molecule has 1 atom stereocenters. The maximum atomic E-state index is 11.7. The zero-order valence-electron chi connectivity index (χ0n) is 10.5. The van der Waals surface area contributed by atoms with E-state index in [-0.39, 0.29) is 11.9 Å². The number of hydrogen-bond acceptors (Lipinski definition) is 1. The van der Waals surface area contributed by atoms with Crippen LogP contribution in [0, 0.1) is 6.92 Å². The summed E-state index contributed by atoms with van der Waals surface area (Å²) in [7, 11) is 0. The van der Waals surface area contributed by atoms with Crippen molar-refractivity contribution in [1.29, 1.82) is 0 Å². The van der Waals surface area contributed by atoms with Crippen LogP contribution in [0.25, 0.3) is 0 Å². The van der Waals surface area contributed by atoms with Crippen LogP contribution in [0.3, 0.4) is 0 Å². The van der Waals surface area contributed by atoms with Crippen molar-refractivity contribution in [3.8, 4) is 0 Å². The second-order valence-corrected chi connectivity index (χ2v) is 4.75. The first-order valence-corrected chi connectivity index (χ1v) is 6.56. The topological polar surface area (TPSA) is 29.1 Å². The first-order chi connectivity index (χ1) is 8.13.